The molecule has 3 fully saturated rings. The number of benzene rings is 9. The fourth-order valence-corrected chi connectivity index (χ4v) is 15.1. The van der Waals surface area contributed by atoms with Crippen LogP contribution in [0.3, 0.4) is 0 Å². The molecular weight excluding hydrogens is 1420 g/mol. The molecule has 5 N–H and O–H groups in total. The largest absolute Gasteiger partial charge is 0.508 e. The van der Waals surface area contributed by atoms with Gasteiger partial charge in [-0.1, -0.05) is 198 Å². The summed E-state index contributed by atoms with van der Waals surface area (Å²) in [6.45, 7) is 14.5. The highest BCUT2D eigenvalue weighted by atomic mass is 79.9. The van der Waals surface area contributed by atoms with Crippen LogP contribution < -0.4 is 9.47 Å². The average molecular weight is 1530 g/mol. The Balaban J connectivity index is 0.000000163. The first-order valence-corrected chi connectivity index (χ1v) is 39.8. The van der Waals surface area contributed by atoms with Crippen molar-refractivity contribution in [1.82, 2.24) is 19.6 Å². The number of carbonyl (C=O) groups is 1. The standard InChI is InChI=1S/C34H42N2O5.C31H33NO2.C30H34BrNO2/c1-34(2,3)41-33(39)36-21-19-35(20-22-36)23-25-40-30-17-13-28(14-18-30)32(27-11-15-29(38)16-12-27)31(10-7-24-37)26-8-5-4-6-9-26;33-21-5-10-30(25-6-2-1-3-7-25)31(27-8-4-9-29(34)22-27)26-13-11-23(12-14-26)24-17-19-32(20-18-24)28-15-16-28;1-32-20-5-9-27(32)19-22-34-28-17-13-25(14-18-28)30(24-11-15-26(31)16-12-24)29(10-6-21-33)23-7-3-2-4-8-23/h4-6,8-9,11-18,37-38H,7,10,19-25H2,1-3H3;1-4,6-9,11-14,17,22,28,33-34H,5,10,15-16,18-21H2;2-4,7-8,11-18,27,33H,5-6,9-10,19-22H2,1H3/b32-31-;31-30+;30-29-. The monoisotopic (exact) mass is 1530 g/mol. The number of aliphatic hydroxyl groups excluding tert-OH is 3. The number of nitrogens with zero attached hydrogens (tertiary/aromatic N) is 4. The third kappa shape index (κ3) is 23.8. The molecule has 1 unspecified atom stereocenters. The Labute approximate surface area is 654 Å². The molecule has 0 bridgehead atoms. The average Bonchev–Trinajstić information content (AvgIpc) is 1.27. The van der Waals surface area contributed by atoms with E-state index in [9.17, 15) is 30.3 Å². The lowest BCUT2D eigenvalue weighted by molar-refractivity contribution is 0.0137. The summed E-state index contributed by atoms with van der Waals surface area (Å²) < 4.78 is 18.7. The third-order valence-corrected chi connectivity index (χ3v) is 21.2. The quantitative estimate of drug-likeness (QED) is 0.0296. The van der Waals surface area contributed by atoms with Crippen LogP contribution in [0.15, 0.2) is 247 Å². The van der Waals surface area contributed by atoms with E-state index in [1.54, 1.807) is 23.1 Å². The molecule has 4 aliphatic rings. The molecule has 9 aromatic rings. The highest BCUT2D eigenvalue weighted by Crippen LogP contribution is 2.41. The molecule has 3 aliphatic heterocycles. The minimum absolute atomic E-state index is 0.113. The van der Waals surface area contributed by atoms with Crippen LogP contribution in [0, 0.1) is 0 Å². The van der Waals surface area contributed by atoms with E-state index >= 15 is 0 Å². The maximum Gasteiger partial charge on any atom is 0.410 e. The van der Waals surface area contributed by atoms with Gasteiger partial charge in [-0.2, -0.15) is 0 Å². The fourth-order valence-electron chi connectivity index (χ4n) is 14.8. The fraction of sp³-hybridized carbons (Fsp3) is 0.337. The number of phenolic OH excluding ortho intramolecular Hbond substituents is 2. The van der Waals surface area contributed by atoms with Crippen LogP contribution in [0.2, 0.25) is 0 Å². The number of ether oxygens (including phenoxy) is 3. The van der Waals surface area contributed by atoms with Gasteiger partial charge in [0.15, 0.2) is 0 Å². The molecule has 0 radical (unpaired) electrons. The number of carbonyl (C=O) groups excluding carboxylic acids is 1. The second-order valence-electron chi connectivity index (χ2n) is 29.6. The molecule has 1 aliphatic carbocycles. The lowest BCUT2D eigenvalue weighted by Crippen LogP contribution is -2.50. The zero-order valence-electron chi connectivity index (χ0n) is 64.0. The van der Waals surface area contributed by atoms with Gasteiger partial charge in [-0.15, -0.1) is 0 Å². The number of aromatic hydroxyl groups is 2. The van der Waals surface area contributed by atoms with Crippen molar-refractivity contribution in [3.63, 3.8) is 0 Å². The van der Waals surface area contributed by atoms with Gasteiger partial charge in [0.1, 0.15) is 35.2 Å². The SMILES string of the molecule is CC(C)(C)OC(=O)N1CCN(CCOc2ccc(/C(=C(/CCCO)c3ccccc3)c3ccc(O)cc3)cc2)CC1.CN1CCCC1CCOc1ccc(/C(=C(/CCCO)c2ccccc2)c2ccc(Br)cc2)cc1.OCCC/C(=C(/c1ccc(C2=CCN(C3CC3)CC2)cc1)c1cccc(O)c1)c1ccccc1. The first-order chi connectivity index (χ1) is 53.1. The van der Waals surface area contributed by atoms with Crippen LogP contribution in [-0.4, -0.2) is 161 Å². The topological polar surface area (TPSA) is 159 Å². The van der Waals surface area contributed by atoms with Crippen molar-refractivity contribution in [3.05, 3.63) is 303 Å². The molecule has 3 heterocycles. The van der Waals surface area contributed by atoms with Crippen LogP contribution >= 0.6 is 15.9 Å². The van der Waals surface area contributed by atoms with Gasteiger partial charge < -0.3 is 49.5 Å². The molecular formula is C95H109BrN4O9. The van der Waals surface area contributed by atoms with Crippen LogP contribution in [0.4, 0.5) is 4.79 Å². The van der Waals surface area contributed by atoms with Crippen LogP contribution in [-0.2, 0) is 4.74 Å². The Morgan fingerprint density at radius 1 is 0.477 bits per heavy atom. The number of rotatable bonds is 28. The van der Waals surface area contributed by atoms with Crippen molar-refractivity contribution in [2.45, 2.75) is 116 Å². The van der Waals surface area contributed by atoms with E-state index in [4.69, 9.17) is 14.2 Å². The highest BCUT2D eigenvalue weighted by Gasteiger charge is 2.31. The maximum absolute atomic E-state index is 12.3. The molecule has 14 heteroatoms. The Morgan fingerprint density at radius 2 is 0.927 bits per heavy atom. The number of halogens is 1. The zero-order valence-corrected chi connectivity index (χ0v) is 65.5. The zero-order chi connectivity index (χ0) is 76.3. The second-order valence-corrected chi connectivity index (χ2v) is 30.6. The summed E-state index contributed by atoms with van der Waals surface area (Å²) in [4.78, 5) is 21.4. The van der Waals surface area contributed by atoms with E-state index in [0.717, 1.165) is 161 Å². The second kappa shape index (κ2) is 40.9. The molecule has 0 aromatic heterocycles. The van der Waals surface area contributed by atoms with Gasteiger partial charge in [0, 0.05) is 82.2 Å². The number of piperazine rings is 1. The Kier molecular flexibility index (Phi) is 30.3. The molecule has 570 valence electrons. The van der Waals surface area contributed by atoms with Gasteiger partial charge in [-0.25, -0.2) is 4.79 Å². The van der Waals surface area contributed by atoms with Crippen LogP contribution in [0.5, 0.6) is 23.0 Å². The highest BCUT2D eigenvalue weighted by molar-refractivity contribution is 9.10. The van der Waals surface area contributed by atoms with Crippen molar-refractivity contribution >= 4 is 61.0 Å². The molecule has 9 aromatic carbocycles. The Hall–Kier alpha value is -9.35. The number of hydrogen-bond acceptors (Lipinski definition) is 12. The van der Waals surface area contributed by atoms with Crippen molar-refractivity contribution in [2.75, 3.05) is 92.4 Å². The van der Waals surface area contributed by atoms with E-state index in [-0.39, 0.29) is 37.4 Å². The molecule has 2 saturated heterocycles. The van der Waals surface area contributed by atoms with E-state index in [0.29, 0.717) is 38.6 Å². The number of aliphatic hydroxyl groups is 3. The first kappa shape index (κ1) is 80.7. The first-order valence-electron chi connectivity index (χ1n) is 39.1. The Morgan fingerprint density at radius 3 is 1.36 bits per heavy atom. The molecule has 1 saturated carbocycles. The van der Waals surface area contributed by atoms with Crippen LogP contribution in [0.25, 0.3) is 39.0 Å². The van der Waals surface area contributed by atoms with Gasteiger partial charge in [0.05, 0.1) is 6.61 Å². The van der Waals surface area contributed by atoms with E-state index in [2.05, 4.69) is 195 Å². The van der Waals surface area contributed by atoms with Gasteiger partial charge in [-0.3, -0.25) is 9.80 Å². The normalized spacial score (nSPS) is 16.3. The third-order valence-electron chi connectivity index (χ3n) is 20.7. The van der Waals surface area contributed by atoms with Gasteiger partial charge >= 0.3 is 6.09 Å². The van der Waals surface area contributed by atoms with E-state index in [1.165, 1.54) is 65.6 Å². The van der Waals surface area contributed by atoms with Crippen LogP contribution in [0.1, 0.15) is 153 Å². The van der Waals surface area contributed by atoms with Gasteiger partial charge in [0.25, 0.3) is 0 Å². The smallest absolute Gasteiger partial charge is 0.410 e. The molecule has 13 rings (SSSR count). The summed E-state index contributed by atoms with van der Waals surface area (Å²) in [6, 6.07) is 81.4. The minimum atomic E-state index is -0.485. The van der Waals surface area contributed by atoms with E-state index in [1.807, 2.05) is 87.5 Å². The van der Waals surface area contributed by atoms with E-state index < -0.39 is 5.60 Å². The van der Waals surface area contributed by atoms with Crippen molar-refractivity contribution in [1.29, 1.82) is 0 Å². The lowest BCUT2D eigenvalue weighted by Gasteiger charge is -2.35. The maximum atomic E-state index is 12.3. The number of allylic oxidation sites excluding steroid dienone is 3. The summed E-state index contributed by atoms with van der Waals surface area (Å²) in [5.41, 5.74) is 19.1. The summed E-state index contributed by atoms with van der Waals surface area (Å²) in [5.74, 6) is 2.19. The molecule has 1 atom stereocenters. The van der Waals surface area contributed by atoms with Crippen molar-refractivity contribution in [3.8, 4) is 23.0 Å². The van der Waals surface area contributed by atoms with Gasteiger partial charge in [0.2, 0.25) is 0 Å². The summed E-state index contributed by atoms with van der Waals surface area (Å²) in [6.07, 6.45) is 14.0. The molecule has 0 spiro atoms. The Bertz CT molecular complexity index is 4420. The number of hydrogen-bond donors (Lipinski definition) is 5. The molecule has 1 amide bonds. The number of likely N-dealkylation sites (tertiary alicyclic amines) is 1. The number of phenols is 2. The lowest BCUT2D eigenvalue weighted by atomic mass is 9.86. The molecule has 13 nitrogen and oxygen atoms in total. The summed E-state index contributed by atoms with van der Waals surface area (Å²) >= 11 is 3.57. The summed E-state index contributed by atoms with van der Waals surface area (Å²) in [5, 5.41) is 48.9. The minimum Gasteiger partial charge on any atom is -0.508 e. The predicted octanol–water partition coefficient (Wildman–Crippen LogP) is 19.5. The van der Waals surface area contributed by atoms with Gasteiger partial charge in [-0.05, 0) is 267 Å². The summed E-state index contributed by atoms with van der Waals surface area (Å²) in [7, 11) is 2.21. The number of amides is 1. The molecule has 109 heavy (non-hydrogen) atoms. The van der Waals surface area contributed by atoms with Crippen molar-refractivity contribution in [2.24, 2.45) is 0 Å². The van der Waals surface area contributed by atoms with Crippen molar-refractivity contribution < 1.29 is 44.5 Å². The predicted molar refractivity (Wildman–Crippen MR) is 448 cm³/mol.